The van der Waals surface area contributed by atoms with E-state index in [0.29, 0.717) is 33.8 Å². The summed E-state index contributed by atoms with van der Waals surface area (Å²) in [5.74, 6) is -0.206. The Morgan fingerprint density at radius 1 is 0.925 bits per heavy atom. The van der Waals surface area contributed by atoms with Crippen LogP contribution >= 0.6 is 0 Å². The van der Waals surface area contributed by atoms with Gasteiger partial charge in [-0.05, 0) is 47.5 Å². The molecule has 0 bridgehead atoms. The zero-order valence-corrected chi connectivity index (χ0v) is 21.2. The summed E-state index contributed by atoms with van der Waals surface area (Å²) in [4.78, 5) is 29.4. The molecule has 9 nitrogen and oxygen atoms in total. The van der Waals surface area contributed by atoms with Crippen LogP contribution < -0.4 is 14.8 Å². The molecule has 4 aromatic carbocycles. The fourth-order valence-electron chi connectivity index (χ4n) is 4.66. The Hall–Kier alpha value is -5.25. The Morgan fingerprint density at radius 2 is 1.68 bits per heavy atom. The second-order valence-electron chi connectivity index (χ2n) is 9.25. The molecule has 1 aliphatic heterocycles. The van der Waals surface area contributed by atoms with Crippen LogP contribution in [0.15, 0.2) is 97.1 Å². The highest BCUT2D eigenvalue weighted by atomic mass is 19.1. The number of hydrogen-bond acceptors (Lipinski definition) is 6. The van der Waals surface area contributed by atoms with Gasteiger partial charge in [-0.3, -0.25) is 9.59 Å². The van der Waals surface area contributed by atoms with Crippen LogP contribution in [0.25, 0.3) is 11.0 Å². The molecular formula is C30H24FN5O4. The first kappa shape index (κ1) is 25.1. The van der Waals surface area contributed by atoms with Crippen LogP contribution in [0.3, 0.4) is 0 Å². The molecule has 0 spiro atoms. The number of amides is 2. The van der Waals surface area contributed by atoms with E-state index in [1.54, 1.807) is 18.2 Å². The van der Waals surface area contributed by atoms with Gasteiger partial charge < -0.3 is 19.7 Å². The molecule has 6 rings (SSSR count). The molecule has 0 aliphatic carbocycles. The highest BCUT2D eigenvalue weighted by Crippen LogP contribution is 2.35. The van der Waals surface area contributed by atoms with Crippen molar-refractivity contribution in [3.8, 4) is 11.5 Å². The quantitative estimate of drug-likeness (QED) is 0.308. The first-order valence-electron chi connectivity index (χ1n) is 12.6. The molecule has 2 amide bonds. The Bertz CT molecular complexity index is 1670. The summed E-state index contributed by atoms with van der Waals surface area (Å²) in [7, 11) is 0. The van der Waals surface area contributed by atoms with E-state index in [9.17, 15) is 14.0 Å². The summed E-state index contributed by atoms with van der Waals surface area (Å²) < 4.78 is 26.2. The highest BCUT2D eigenvalue weighted by molar-refractivity contribution is 5.98. The van der Waals surface area contributed by atoms with E-state index >= 15 is 0 Å². The van der Waals surface area contributed by atoms with Crippen molar-refractivity contribution in [1.29, 1.82) is 0 Å². The molecule has 0 unspecified atom stereocenters. The summed E-state index contributed by atoms with van der Waals surface area (Å²) in [6.07, 6.45) is 0. The summed E-state index contributed by atoms with van der Waals surface area (Å²) >= 11 is 0. The summed E-state index contributed by atoms with van der Waals surface area (Å²) in [5.41, 5.74) is 3.09. The Balaban J connectivity index is 1.37. The molecule has 0 fully saturated rings. The largest absolute Gasteiger partial charge is 0.454 e. The third-order valence-electron chi connectivity index (χ3n) is 6.61. The number of halogens is 1. The number of anilines is 1. The van der Waals surface area contributed by atoms with Crippen LogP contribution in [-0.4, -0.2) is 38.5 Å². The predicted molar refractivity (Wildman–Crippen MR) is 145 cm³/mol. The van der Waals surface area contributed by atoms with Crippen molar-refractivity contribution < 1.29 is 23.5 Å². The minimum atomic E-state index is -1.09. The molecular weight excluding hydrogens is 513 g/mol. The second kappa shape index (κ2) is 10.9. The first-order chi connectivity index (χ1) is 19.5. The number of fused-ring (bicyclic) bond motifs is 2. The topological polar surface area (TPSA) is 98.6 Å². The fraction of sp³-hybridized carbons (Fsp3) is 0.133. The van der Waals surface area contributed by atoms with Crippen LogP contribution in [0.4, 0.5) is 10.1 Å². The lowest BCUT2D eigenvalue weighted by atomic mass is 10.0. The van der Waals surface area contributed by atoms with Gasteiger partial charge in [-0.15, -0.1) is 5.10 Å². The maximum Gasteiger partial charge on any atom is 0.251 e. The Morgan fingerprint density at radius 3 is 2.50 bits per heavy atom. The van der Waals surface area contributed by atoms with E-state index in [1.807, 2.05) is 54.6 Å². The normalized spacial score (nSPS) is 12.7. The number of para-hydroxylation sites is 1. The van der Waals surface area contributed by atoms with Gasteiger partial charge in [0.15, 0.2) is 11.5 Å². The molecule has 1 aromatic heterocycles. The highest BCUT2D eigenvalue weighted by Gasteiger charge is 2.32. The van der Waals surface area contributed by atoms with Crippen LogP contribution in [0.5, 0.6) is 11.5 Å². The molecule has 10 heteroatoms. The van der Waals surface area contributed by atoms with Crippen molar-refractivity contribution >= 4 is 28.5 Å². The van der Waals surface area contributed by atoms with Gasteiger partial charge in [0, 0.05) is 18.3 Å². The van der Waals surface area contributed by atoms with Gasteiger partial charge in [0.2, 0.25) is 12.7 Å². The van der Waals surface area contributed by atoms with Crippen LogP contribution in [-0.2, 0) is 22.7 Å². The number of ether oxygens (including phenoxy) is 2. The maximum absolute atomic E-state index is 14.0. The number of aromatic nitrogens is 3. The SMILES string of the molecule is O=C(Nc1ccc2c(c1)OCO2)[C@H](c1ccc(F)cc1)N(Cc1ccccc1)C(=O)Cn1nnc2ccccc21. The third kappa shape index (κ3) is 5.19. The van der Waals surface area contributed by atoms with E-state index in [0.717, 1.165) is 5.56 Å². The standard InChI is InChI=1S/C30H24FN5O4/c31-22-12-10-21(11-13-22)29(30(38)32-23-14-15-26-27(16-23)40-19-39-26)35(17-20-6-2-1-3-7-20)28(37)18-36-25-9-5-4-8-24(25)33-34-36/h1-16,29H,17-19H2,(H,32,38)/t29-/m0/s1. The zero-order valence-electron chi connectivity index (χ0n) is 21.2. The van der Waals surface area contributed by atoms with Gasteiger partial charge in [0.25, 0.3) is 5.91 Å². The number of carbonyl (C=O) groups is 2. The number of nitrogens with one attached hydrogen (secondary N) is 1. The molecule has 5 aromatic rings. The van der Waals surface area contributed by atoms with Gasteiger partial charge in [-0.1, -0.05) is 59.8 Å². The average Bonchev–Trinajstić information content (AvgIpc) is 3.61. The lowest BCUT2D eigenvalue weighted by Crippen LogP contribution is -2.42. The molecule has 0 saturated carbocycles. The molecule has 40 heavy (non-hydrogen) atoms. The van der Waals surface area contributed by atoms with Gasteiger partial charge in [-0.25, -0.2) is 9.07 Å². The van der Waals surface area contributed by atoms with Crippen molar-refractivity contribution in [2.45, 2.75) is 19.1 Å². The van der Waals surface area contributed by atoms with Crippen molar-refractivity contribution in [2.24, 2.45) is 0 Å². The van der Waals surface area contributed by atoms with Gasteiger partial charge >= 0.3 is 0 Å². The van der Waals surface area contributed by atoms with Crippen molar-refractivity contribution in [3.63, 3.8) is 0 Å². The lowest BCUT2D eigenvalue weighted by Gasteiger charge is -2.31. The summed E-state index contributed by atoms with van der Waals surface area (Å²) in [6.45, 7) is 0.0759. The van der Waals surface area contributed by atoms with Gasteiger partial charge in [-0.2, -0.15) is 0 Å². The molecule has 0 radical (unpaired) electrons. The van der Waals surface area contributed by atoms with Crippen molar-refractivity contribution in [1.82, 2.24) is 19.9 Å². The van der Waals surface area contributed by atoms with Crippen molar-refractivity contribution in [3.05, 3.63) is 114 Å². The average molecular weight is 538 g/mol. The molecule has 1 N–H and O–H groups in total. The maximum atomic E-state index is 14.0. The van der Waals surface area contributed by atoms with E-state index < -0.39 is 17.8 Å². The van der Waals surface area contributed by atoms with Crippen LogP contribution in [0.1, 0.15) is 17.2 Å². The van der Waals surface area contributed by atoms with Crippen molar-refractivity contribution in [2.75, 3.05) is 12.1 Å². The monoisotopic (exact) mass is 537 g/mol. The summed E-state index contributed by atoms with van der Waals surface area (Å²) in [5, 5.41) is 11.2. The molecule has 1 atom stereocenters. The number of benzene rings is 4. The van der Waals surface area contributed by atoms with E-state index in [-0.39, 0.29) is 25.8 Å². The first-order valence-corrected chi connectivity index (χ1v) is 12.6. The number of rotatable bonds is 8. The fourth-order valence-corrected chi connectivity index (χ4v) is 4.66. The molecule has 200 valence electrons. The number of hydrogen-bond donors (Lipinski definition) is 1. The van der Waals surface area contributed by atoms with E-state index in [1.165, 1.54) is 33.8 Å². The van der Waals surface area contributed by atoms with Crippen LogP contribution in [0, 0.1) is 5.82 Å². The van der Waals surface area contributed by atoms with Crippen LogP contribution in [0.2, 0.25) is 0 Å². The minimum Gasteiger partial charge on any atom is -0.454 e. The van der Waals surface area contributed by atoms with E-state index in [2.05, 4.69) is 15.6 Å². The van der Waals surface area contributed by atoms with Gasteiger partial charge in [0.1, 0.15) is 23.9 Å². The number of nitrogens with zero attached hydrogens (tertiary/aromatic N) is 4. The molecule has 1 aliphatic rings. The Labute approximate surface area is 228 Å². The number of carbonyl (C=O) groups excluding carboxylic acids is 2. The lowest BCUT2D eigenvalue weighted by molar-refractivity contribution is -0.140. The predicted octanol–water partition coefficient (Wildman–Crippen LogP) is 4.71. The third-order valence-corrected chi connectivity index (χ3v) is 6.61. The molecule has 2 heterocycles. The zero-order chi connectivity index (χ0) is 27.5. The Kier molecular flexibility index (Phi) is 6.80. The van der Waals surface area contributed by atoms with E-state index in [4.69, 9.17) is 9.47 Å². The second-order valence-corrected chi connectivity index (χ2v) is 9.25. The smallest absolute Gasteiger partial charge is 0.251 e. The molecule has 0 saturated heterocycles. The minimum absolute atomic E-state index is 0.0985. The summed E-state index contributed by atoms with van der Waals surface area (Å²) in [6, 6.07) is 26.2. The van der Waals surface area contributed by atoms with Gasteiger partial charge in [0.05, 0.1) is 5.52 Å².